The maximum atomic E-state index is 13.1. The van der Waals surface area contributed by atoms with Gasteiger partial charge in [-0.2, -0.15) is 0 Å². The molecule has 0 fully saturated rings. The molecular weight excluding hydrogens is 320 g/mol. The number of rotatable bonds is 4. The minimum atomic E-state index is -0.293. The molecule has 0 saturated carbocycles. The molecule has 132 valence electrons. The maximum absolute atomic E-state index is 13.1. The lowest BCUT2D eigenvalue weighted by atomic mass is 9.87. The minimum absolute atomic E-state index is 0.0138. The summed E-state index contributed by atoms with van der Waals surface area (Å²) in [6, 6.07) is 7.66. The molecule has 0 aromatic heterocycles. The molecule has 0 aliphatic carbocycles. The molecule has 1 N–H and O–H groups in total. The molecule has 5 nitrogen and oxygen atoms in total. The summed E-state index contributed by atoms with van der Waals surface area (Å²) in [4.78, 5) is 13.1. The summed E-state index contributed by atoms with van der Waals surface area (Å²) < 4.78 is 16.4. The van der Waals surface area contributed by atoms with Crippen LogP contribution in [0.3, 0.4) is 0 Å². The van der Waals surface area contributed by atoms with Gasteiger partial charge in [-0.15, -0.1) is 0 Å². The van der Waals surface area contributed by atoms with Crippen LogP contribution in [0.25, 0.3) is 0 Å². The van der Waals surface area contributed by atoms with Crippen LogP contribution in [0.1, 0.15) is 27.0 Å². The Labute approximate surface area is 147 Å². The number of benzene rings is 2. The normalized spacial score (nSPS) is 16.2. The van der Waals surface area contributed by atoms with E-state index in [-0.39, 0.29) is 24.1 Å². The Hall–Kier alpha value is -2.69. The molecule has 2 aromatic carbocycles. The van der Waals surface area contributed by atoms with E-state index in [9.17, 15) is 9.90 Å². The second-order valence-corrected chi connectivity index (χ2v) is 6.26. The number of phenols is 1. The van der Waals surface area contributed by atoms with Crippen LogP contribution in [0.2, 0.25) is 0 Å². The van der Waals surface area contributed by atoms with Crippen LogP contribution in [-0.4, -0.2) is 31.7 Å². The Morgan fingerprint density at radius 2 is 1.80 bits per heavy atom. The molecule has 0 unspecified atom stereocenters. The van der Waals surface area contributed by atoms with Crippen LogP contribution in [0.4, 0.5) is 0 Å². The van der Waals surface area contributed by atoms with E-state index in [4.69, 9.17) is 14.2 Å². The number of hydrogen-bond donors (Lipinski definition) is 1. The van der Waals surface area contributed by atoms with Gasteiger partial charge < -0.3 is 19.3 Å². The molecule has 1 heterocycles. The van der Waals surface area contributed by atoms with Crippen molar-refractivity contribution < 1.29 is 24.1 Å². The second-order valence-electron chi connectivity index (χ2n) is 6.26. The van der Waals surface area contributed by atoms with E-state index < -0.39 is 0 Å². The first-order valence-corrected chi connectivity index (χ1v) is 8.18. The molecule has 0 spiro atoms. The van der Waals surface area contributed by atoms with E-state index in [0.29, 0.717) is 34.6 Å². The summed E-state index contributed by atoms with van der Waals surface area (Å²) in [6.07, 6.45) is 0.574. The summed E-state index contributed by atoms with van der Waals surface area (Å²) in [5, 5.41) is 10.2. The smallest absolute Gasteiger partial charge is 0.177 e. The lowest BCUT2D eigenvalue weighted by Crippen LogP contribution is -2.30. The topological polar surface area (TPSA) is 65.0 Å². The van der Waals surface area contributed by atoms with Gasteiger partial charge in [-0.25, -0.2) is 0 Å². The predicted molar refractivity (Wildman–Crippen MR) is 94.1 cm³/mol. The van der Waals surface area contributed by atoms with Crippen LogP contribution in [0, 0.1) is 19.8 Å². The molecular formula is C20H22O5. The van der Waals surface area contributed by atoms with Crippen LogP contribution in [0.15, 0.2) is 24.3 Å². The van der Waals surface area contributed by atoms with Crippen LogP contribution in [0.5, 0.6) is 23.0 Å². The first kappa shape index (κ1) is 17.1. The second kappa shape index (κ2) is 6.67. The number of carbonyl (C=O) groups excluding carboxylic acids is 1. The fourth-order valence-corrected chi connectivity index (χ4v) is 3.30. The zero-order valence-corrected chi connectivity index (χ0v) is 14.9. The summed E-state index contributed by atoms with van der Waals surface area (Å²) in [7, 11) is 3.12. The zero-order valence-electron chi connectivity index (χ0n) is 14.9. The van der Waals surface area contributed by atoms with Gasteiger partial charge in [0.25, 0.3) is 0 Å². The Bertz CT molecular complexity index is 785. The first-order chi connectivity index (χ1) is 12.0. The summed E-state index contributed by atoms with van der Waals surface area (Å²) >= 11 is 0. The Kier molecular flexibility index (Phi) is 4.57. The van der Waals surface area contributed by atoms with Crippen LogP contribution in [-0.2, 0) is 6.42 Å². The number of ketones is 1. The van der Waals surface area contributed by atoms with Gasteiger partial charge >= 0.3 is 0 Å². The highest BCUT2D eigenvalue weighted by Gasteiger charge is 2.35. The van der Waals surface area contributed by atoms with E-state index in [1.165, 1.54) is 7.11 Å². The van der Waals surface area contributed by atoms with Gasteiger partial charge in [-0.1, -0.05) is 12.1 Å². The number of hydrogen-bond acceptors (Lipinski definition) is 5. The van der Waals surface area contributed by atoms with Crippen molar-refractivity contribution in [3.63, 3.8) is 0 Å². The fourth-order valence-electron chi connectivity index (χ4n) is 3.30. The zero-order chi connectivity index (χ0) is 18.1. The van der Waals surface area contributed by atoms with Crippen molar-refractivity contribution in [2.45, 2.75) is 20.3 Å². The molecule has 3 rings (SSSR count). The number of Topliss-reactive ketones (excluding diaryl/α,β-unsaturated/α-hetero) is 1. The average molecular weight is 342 g/mol. The summed E-state index contributed by atoms with van der Waals surface area (Å²) in [5.41, 5.74) is 2.60. The van der Waals surface area contributed by atoms with Gasteiger partial charge in [0, 0.05) is 11.1 Å². The number of methoxy groups -OCH3 is 2. The van der Waals surface area contributed by atoms with Crippen molar-refractivity contribution in [2.75, 3.05) is 20.8 Å². The number of fused-ring (bicyclic) bond motifs is 1. The van der Waals surface area contributed by atoms with Gasteiger partial charge in [-0.05, 0) is 38.0 Å². The van der Waals surface area contributed by atoms with Crippen molar-refractivity contribution in [1.29, 1.82) is 0 Å². The van der Waals surface area contributed by atoms with E-state index in [1.54, 1.807) is 21.0 Å². The standard InChI is InChI=1S/C20H22O5/c1-11-17(21)12(2)20-16(19(11)24-4)18(22)14(10-25-20)9-13-5-7-15(23-3)8-6-13/h5-8,14,21H,9-10H2,1-4H3/t14-/m1/s1. The van der Waals surface area contributed by atoms with E-state index in [0.717, 1.165) is 11.3 Å². The van der Waals surface area contributed by atoms with Gasteiger partial charge in [0.1, 0.15) is 28.6 Å². The van der Waals surface area contributed by atoms with Gasteiger partial charge in [-0.3, -0.25) is 4.79 Å². The third-order valence-corrected chi connectivity index (χ3v) is 4.74. The Balaban J connectivity index is 1.95. The van der Waals surface area contributed by atoms with Crippen LogP contribution >= 0.6 is 0 Å². The monoisotopic (exact) mass is 342 g/mol. The van der Waals surface area contributed by atoms with E-state index in [1.807, 2.05) is 24.3 Å². The highest BCUT2D eigenvalue weighted by atomic mass is 16.5. The highest BCUT2D eigenvalue weighted by Crippen LogP contribution is 2.45. The number of phenolic OH excluding ortho intramolecular Hbond substituents is 1. The Morgan fingerprint density at radius 3 is 2.40 bits per heavy atom. The first-order valence-electron chi connectivity index (χ1n) is 8.18. The number of carbonyl (C=O) groups is 1. The predicted octanol–water partition coefficient (Wildman–Crippen LogP) is 3.46. The summed E-state index contributed by atoms with van der Waals surface area (Å²) in [5.74, 6) is 1.40. The molecule has 1 atom stereocenters. The van der Waals surface area contributed by atoms with Crippen molar-refractivity contribution in [2.24, 2.45) is 5.92 Å². The lowest BCUT2D eigenvalue weighted by molar-refractivity contribution is 0.0824. The van der Waals surface area contributed by atoms with E-state index in [2.05, 4.69) is 0 Å². The number of ether oxygens (including phenoxy) is 3. The van der Waals surface area contributed by atoms with Gasteiger partial charge in [0.2, 0.25) is 0 Å². The van der Waals surface area contributed by atoms with E-state index >= 15 is 0 Å². The van der Waals surface area contributed by atoms with Gasteiger partial charge in [0.15, 0.2) is 5.78 Å². The molecule has 2 aromatic rings. The molecule has 25 heavy (non-hydrogen) atoms. The molecule has 0 amide bonds. The minimum Gasteiger partial charge on any atom is -0.507 e. The highest BCUT2D eigenvalue weighted by molar-refractivity contribution is 6.05. The van der Waals surface area contributed by atoms with Gasteiger partial charge in [0.05, 0.1) is 26.7 Å². The lowest BCUT2D eigenvalue weighted by Gasteiger charge is -2.28. The molecule has 0 radical (unpaired) electrons. The maximum Gasteiger partial charge on any atom is 0.177 e. The third kappa shape index (κ3) is 2.90. The largest absolute Gasteiger partial charge is 0.507 e. The molecule has 1 aliphatic heterocycles. The Morgan fingerprint density at radius 1 is 1.12 bits per heavy atom. The molecule has 0 saturated heterocycles. The average Bonchev–Trinajstić information content (AvgIpc) is 2.63. The van der Waals surface area contributed by atoms with Crippen molar-refractivity contribution in [3.05, 3.63) is 46.5 Å². The number of aromatic hydroxyl groups is 1. The fraction of sp³-hybridized carbons (Fsp3) is 0.350. The SMILES string of the molecule is COc1ccc(C[C@@H]2COc3c(C)c(O)c(C)c(OC)c3C2=O)cc1. The van der Waals surface area contributed by atoms with Crippen molar-refractivity contribution in [1.82, 2.24) is 0 Å². The molecule has 5 heteroatoms. The quantitative estimate of drug-likeness (QED) is 0.922. The molecule has 1 aliphatic rings. The van der Waals surface area contributed by atoms with Crippen LogP contribution < -0.4 is 14.2 Å². The van der Waals surface area contributed by atoms with Crippen molar-refractivity contribution >= 4 is 5.78 Å². The molecule has 0 bridgehead atoms. The third-order valence-electron chi connectivity index (χ3n) is 4.74. The summed E-state index contributed by atoms with van der Waals surface area (Å²) in [6.45, 7) is 3.77. The van der Waals surface area contributed by atoms with Crippen molar-refractivity contribution in [3.8, 4) is 23.0 Å².